The number of imidazole rings is 1. The number of hydrogen-bond donors (Lipinski definition) is 1. The minimum absolute atomic E-state index is 0.765. The van der Waals surface area contributed by atoms with Crippen molar-refractivity contribution in [1.82, 2.24) is 19.8 Å². The SMILES string of the molecule is c1cn2c(n1)CN(CCC1CCCN1)CC2. The number of hydrogen-bond acceptors (Lipinski definition) is 3. The van der Waals surface area contributed by atoms with Gasteiger partial charge in [0, 0.05) is 38.1 Å². The van der Waals surface area contributed by atoms with Gasteiger partial charge in [-0.05, 0) is 25.8 Å². The number of rotatable bonds is 3. The second-order valence-electron chi connectivity index (χ2n) is 4.89. The van der Waals surface area contributed by atoms with Crippen molar-refractivity contribution in [3.8, 4) is 0 Å². The molecule has 1 saturated heterocycles. The number of fused-ring (bicyclic) bond motifs is 1. The highest BCUT2D eigenvalue weighted by Crippen LogP contribution is 2.13. The highest BCUT2D eigenvalue weighted by Gasteiger charge is 2.19. The van der Waals surface area contributed by atoms with Crippen LogP contribution in [0.4, 0.5) is 0 Å². The average Bonchev–Trinajstić information content (AvgIpc) is 2.97. The van der Waals surface area contributed by atoms with E-state index < -0.39 is 0 Å². The Balaban J connectivity index is 1.50. The monoisotopic (exact) mass is 220 g/mol. The molecule has 3 rings (SSSR count). The predicted molar refractivity (Wildman–Crippen MR) is 63.1 cm³/mol. The summed E-state index contributed by atoms with van der Waals surface area (Å²) in [6.45, 7) is 5.74. The lowest BCUT2D eigenvalue weighted by atomic mass is 10.1. The van der Waals surface area contributed by atoms with E-state index in [9.17, 15) is 0 Å². The fraction of sp³-hybridized carbons (Fsp3) is 0.750. The van der Waals surface area contributed by atoms with E-state index in [1.54, 1.807) is 0 Å². The summed E-state index contributed by atoms with van der Waals surface area (Å²) >= 11 is 0. The normalized spacial score (nSPS) is 25.9. The molecular formula is C12H20N4. The van der Waals surface area contributed by atoms with Crippen LogP contribution in [-0.4, -0.2) is 40.1 Å². The van der Waals surface area contributed by atoms with E-state index in [-0.39, 0.29) is 0 Å². The summed E-state index contributed by atoms with van der Waals surface area (Å²) in [4.78, 5) is 6.92. The highest BCUT2D eigenvalue weighted by atomic mass is 15.2. The molecule has 2 aliphatic rings. The smallest absolute Gasteiger partial charge is 0.122 e. The van der Waals surface area contributed by atoms with Crippen LogP contribution < -0.4 is 5.32 Å². The van der Waals surface area contributed by atoms with Crippen LogP contribution in [0.5, 0.6) is 0 Å². The summed E-state index contributed by atoms with van der Waals surface area (Å²) in [7, 11) is 0. The first-order valence-electron chi connectivity index (χ1n) is 6.37. The van der Waals surface area contributed by atoms with Crippen molar-refractivity contribution < 1.29 is 0 Å². The molecule has 0 aliphatic carbocycles. The molecule has 1 fully saturated rings. The van der Waals surface area contributed by atoms with E-state index in [4.69, 9.17) is 0 Å². The molecule has 16 heavy (non-hydrogen) atoms. The Morgan fingerprint density at radius 1 is 1.44 bits per heavy atom. The topological polar surface area (TPSA) is 33.1 Å². The standard InChI is InChI=1S/C12H20N4/c1-2-11(13-4-1)3-6-15-8-9-16-7-5-14-12(16)10-15/h5,7,11,13H,1-4,6,8-10H2. The molecule has 0 radical (unpaired) electrons. The van der Waals surface area contributed by atoms with E-state index in [2.05, 4.69) is 26.0 Å². The Morgan fingerprint density at radius 3 is 3.31 bits per heavy atom. The van der Waals surface area contributed by atoms with Gasteiger partial charge >= 0.3 is 0 Å². The number of nitrogens with one attached hydrogen (secondary N) is 1. The molecule has 1 aromatic heterocycles. The fourth-order valence-corrected chi connectivity index (χ4v) is 2.76. The molecule has 0 spiro atoms. The molecule has 1 atom stereocenters. The van der Waals surface area contributed by atoms with Crippen molar-refractivity contribution in [2.45, 2.75) is 38.4 Å². The molecule has 3 heterocycles. The second kappa shape index (κ2) is 4.55. The first-order chi connectivity index (χ1) is 7.92. The van der Waals surface area contributed by atoms with Crippen molar-refractivity contribution in [1.29, 1.82) is 0 Å². The van der Waals surface area contributed by atoms with E-state index in [1.165, 1.54) is 44.7 Å². The lowest BCUT2D eigenvalue weighted by Crippen LogP contribution is -2.36. The van der Waals surface area contributed by atoms with Gasteiger partial charge in [0.25, 0.3) is 0 Å². The van der Waals surface area contributed by atoms with Gasteiger partial charge in [-0.1, -0.05) is 0 Å². The van der Waals surface area contributed by atoms with Crippen LogP contribution in [0.25, 0.3) is 0 Å². The molecule has 4 nitrogen and oxygen atoms in total. The second-order valence-corrected chi connectivity index (χ2v) is 4.89. The molecule has 0 bridgehead atoms. The largest absolute Gasteiger partial charge is 0.333 e. The Kier molecular flexibility index (Phi) is 2.93. The lowest BCUT2D eigenvalue weighted by molar-refractivity contribution is 0.208. The highest BCUT2D eigenvalue weighted by molar-refractivity contribution is 4.95. The van der Waals surface area contributed by atoms with Crippen molar-refractivity contribution in [3.05, 3.63) is 18.2 Å². The van der Waals surface area contributed by atoms with Gasteiger partial charge in [0.1, 0.15) is 5.82 Å². The van der Waals surface area contributed by atoms with Crippen molar-refractivity contribution >= 4 is 0 Å². The Hall–Kier alpha value is -0.870. The van der Waals surface area contributed by atoms with Crippen molar-refractivity contribution in [3.63, 3.8) is 0 Å². The summed E-state index contributed by atoms with van der Waals surface area (Å²) in [6.07, 6.45) is 8.01. The van der Waals surface area contributed by atoms with Crippen LogP contribution in [0, 0.1) is 0 Å². The molecular weight excluding hydrogens is 200 g/mol. The van der Waals surface area contributed by atoms with Crippen LogP contribution in [-0.2, 0) is 13.1 Å². The van der Waals surface area contributed by atoms with Crippen LogP contribution in [0.1, 0.15) is 25.1 Å². The van der Waals surface area contributed by atoms with E-state index in [1.807, 2.05) is 6.20 Å². The van der Waals surface area contributed by atoms with Crippen LogP contribution >= 0.6 is 0 Å². The van der Waals surface area contributed by atoms with Gasteiger partial charge in [0.15, 0.2) is 0 Å². The summed E-state index contributed by atoms with van der Waals surface area (Å²) in [6, 6.07) is 0.765. The number of aromatic nitrogens is 2. The molecule has 1 aromatic rings. The van der Waals surface area contributed by atoms with Crippen LogP contribution in [0.2, 0.25) is 0 Å². The van der Waals surface area contributed by atoms with Crippen molar-refractivity contribution in [2.75, 3.05) is 19.6 Å². The Labute approximate surface area is 96.7 Å². The molecule has 0 aromatic carbocycles. The maximum absolute atomic E-state index is 4.39. The minimum atomic E-state index is 0.765. The minimum Gasteiger partial charge on any atom is -0.333 e. The third-order valence-corrected chi connectivity index (χ3v) is 3.78. The number of nitrogens with zero attached hydrogens (tertiary/aromatic N) is 3. The van der Waals surface area contributed by atoms with Gasteiger partial charge in [-0.3, -0.25) is 4.90 Å². The molecule has 4 heteroatoms. The summed E-state index contributed by atoms with van der Waals surface area (Å²) in [5, 5.41) is 3.56. The molecule has 88 valence electrons. The van der Waals surface area contributed by atoms with Crippen LogP contribution in [0.3, 0.4) is 0 Å². The average molecular weight is 220 g/mol. The Morgan fingerprint density at radius 2 is 2.44 bits per heavy atom. The summed E-state index contributed by atoms with van der Waals surface area (Å²) < 4.78 is 2.27. The maximum Gasteiger partial charge on any atom is 0.122 e. The first kappa shape index (κ1) is 10.3. The van der Waals surface area contributed by atoms with E-state index >= 15 is 0 Å². The quantitative estimate of drug-likeness (QED) is 0.819. The zero-order valence-corrected chi connectivity index (χ0v) is 9.73. The molecule has 0 amide bonds. The summed E-state index contributed by atoms with van der Waals surface area (Å²) in [5.74, 6) is 1.23. The van der Waals surface area contributed by atoms with Gasteiger partial charge in [-0.25, -0.2) is 4.98 Å². The van der Waals surface area contributed by atoms with E-state index in [0.717, 1.165) is 19.1 Å². The van der Waals surface area contributed by atoms with Crippen molar-refractivity contribution in [2.24, 2.45) is 0 Å². The fourth-order valence-electron chi connectivity index (χ4n) is 2.76. The van der Waals surface area contributed by atoms with Gasteiger partial charge in [0.2, 0.25) is 0 Å². The van der Waals surface area contributed by atoms with Gasteiger partial charge < -0.3 is 9.88 Å². The molecule has 2 aliphatic heterocycles. The van der Waals surface area contributed by atoms with E-state index in [0.29, 0.717) is 0 Å². The zero-order valence-electron chi connectivity index (χ0n) is 9.73. The predicted octanol–water partition coefficient (Wildman–Crippen LogP) is 0.841. The lowest BCUT2D eigenvalue weighted by Gasteiger charge is -2.28. The van der Waals surface area contributed by atoms with Gasteiger partial charge in [0.05, 0.1) is 6.54 Å². The zero-order chi connectivity index (χ0) is 10.8. The van der Waals surface area contributed by atoms with Gasteiger partial charge in [-0.2, -0.15) is 0 Å². The Bertz CT molecular complexity index is 341. The molecule has 1 unspecified atom stereocenters. The third kappa shape index (κ3) is 2.13. The maximum atomic E-state index is 4.39. The molecule has 1 N–H and O–H groups in total. The van der Waals surface area contributed by atoms with Crippen LogP contribution in [0.15, 0.2) is 12.4 Å². The first-order valence-corrected chi connectivity index (χ1v) is 6.37. The summed E-state index contributed by atoms with van der Waals surface area (Å²) in [5.41, 5.74) is 0. The molecule has 0 saturated carbocycles. The third-order valence-electron chi connectivity index (χ3n) is 3.78. The van der Waals surface area contributed by atoms with Gasteiger partial charge in [-0.15, -0.1) is 0 Å².